The van der Waals surface area contributed by atoms with E-state index in [1.165, 1.54) is 12.8 Å². The van der Waals surface area contributed by atoms with E-state index in [1.807, 2.05) is 41.1 Å². The molecule has 0 unspecified atom stereocenters. The summed E-state index contributed by atoms with van der Waals surface area (Å²) in [5.41, 5.74) is 1.43. The molecule has 1 saturated heterocycles. The van der Waals surface area contributed by atoms with Gasteiger partial charge < -0.3 is 9.80 Å². The first kappa shape index (κ1) is 18.0. The summed E-state index contributed by atoms with van der Waals surface area (Å²) in [5.74, 6) is 1.07. The fourth-order valence-corrected chi connectivity index (χ4v) is 4.07. The van der Waals surface area contributed by atoms with E-state index in [1.54, 1.807) is 4.68 Å². The summed E-state index contributed by atoms with van der Waals surface area (Å²) in [7, 11) is 1.86. The van der Waals surface area contributed by atoms with Gasteiger partial charge in [-0.2, -0.15) is 5.10 Å². The summed E-state index contributed by atoms with van der Waals surface area (Å²) in [6.07, 6.45) is 2.83. The van der Waals surface area contributed by atoms with Gasteiger partial charge in [-0.05, 0) is 30.7 Å². The Hall–Kier alpha value is -2.37. The molecule has 0 radical (unpaired) electrons. The Bertz CT molecular complexity index is 868. The summed E-state index contributed by atoms with van der Waals surface area (Å²) in [6.45, 7) is 6.17. The van der Waals surface area contributed by atoms with Crippen LogP contribution in [0, 0.1) is 11.8 Å². The molecule has 4 rings (SSSR count). The third-order valence-electron chi connectivity index (χ3n) is 5.89. The number of aromatic nitrogens is 2. The van der Waals surface area contributed by atoms with Gasteiger partial charge in [-0.25, -0.2) is 0 Å². The first-order chi connectivity index (χ1) is 13.0. The standard InChI is InChI=1S/C21H28N4O2/c1-14(2)18-13-24(11-10-19(26)25(18)12-15-8-9-15)21(27)20-16-6-4-5-7-17(16)23(3)22-20/h4-7,14-15,18H,8-13H2,1-3H3/t18-/m0/s1. The number of benzene rings is 1. The molecule has 2 aromatic rings. The molecule has 1 aromatic heterocycles. The molecule has 1 aliphatic carbocycles. The van der Waals surface area contributed by atoms with Gasteiger partial charge in [0.1, 0.15) is 0 Å². The fourth-order valence-electron chi connectivity index (χ4n) is 4.07. The van der Waals surface area contributed by atoms with Crippen molar-refractivity contribution in [2.45, 2.75) is 39.2 Å². The van der Waals surface area contributed by atoms with Gasteiger partial charge in [0.25, 0.3) is 5.91 Å². The molecule has 1 aliphatic heterocycles. The molecule has 1 saturated carbocycles. The minimum absolute atomic E-state index is 0.0690. The Morgan fingerprint density at radius 1 is 1.26 bits per heavy atom. The molecule has 2 heterocycles. The van der Waals surface area contributed by atoms with Gasteiger partial charge >= 0.3 is 0 Å². The smallest absolute Gasteiger partial charge is 0.275 e. The highest BCUT2D eigenvalue weighted by Crippen LogP contribution is 2.32. The first-order valence-electron chi connectivity index (χ1n) is 9.96. The van der Waals surface area contributed by atoms with Crippen LogP contribution in [-0.4, -0.2) is 57.1 Å². The lowest BCUT2D eigenvalue weighted by Gasteiger charge is -2.34. The number of aryl methyl sites for hydroxylation is 1. The van der Waals surface area contributed by atoms with Gasteiger partial charge in [-0.3, -0.25) is 14.3 Å². The number of para-hydroxylation sites is 1. The molecule has 1 atom stereocenters. The number of amides is 2. The highest BCUT2D eigenvalue weighted by molar-refractivity contribution is 6.05. The number of hydrogen-bond donors (Lipinski definition) is 0. The number of rotatable bonds is 4. The van der Waals surface area contributed by atoms with E-state index in [2.05, 4.69) is 18.9 Å². The summed E-state index contributed by atoms with van der Waals surface area (Å²) in [4.78, 5) is 30.0. The van der Waals surface area contributed by atoms with Crippen LogP contribution in [0.25, 0.3) is 10.9 Å². The van der Waals surface area contributed by atoms with Crippen LogP contribution in [-0.2, 0) is 11.8 Å². The summed E-state index contributed by atoms with van der Waals surface area (Å²) in [6, 6.07) is 7.87. The van der Waals surface area contributed by atoms with Crippen molar-refractivity contribution < 1.29 is 9.59 Å². The van der Waals surface area contributed by atoms with Crippen molar-refractivity contribution in [2.75, 3.05) is 19.6 Å². The van der Waals surface area contributed by atoms with Gasteiger partial charge in [-0.15, -0.1) is 0 Å². The van der Waals surface area contributed by atoms with E-state index >= 15 is 0 Å². The molecule has 0 bridgehead atoms. The summed E-state index contributed by atoms with van der Waals surface area (Å²) < 4.78 is 1.75. The average Bonchev–Trinajstić information content (AvgIpc) is 3.43. The highest BCUT2D eigenvalue weighted by Gasteiger charge is 2.37. The second kappa shape index (κ2) is 6.98. The Balaban J connectivity index is 1.62. The lowest BCUT2D eigenvalue weighted by atomic mass is 10.0. The van der Waals surface area contributed by atoms with E-state index in [0.717, 1.165) is 17.4 Å². The molecule has 1 aromatic carbocycles. The predicted molar refractivity (Wildman–Crippen MR) is 104 cm³/mol. The minimum atomic E-state index is -0.0708. The van der Waals surface area contributed by atoms with Gasteiger partial charge in [0.05, 0.1) is 11.6 Å². The molecule has 2 aliphatic rings. The number of hydrogen-bond acceptors (Lipinski definition) is 3. The van der Waals surface area contributed by atoms with Crippen LogP contribution in [0.3, 0.4) is 0 Å². The van der Waals surface area contributed by atoms with E-state index in [0.29, 0.717) is 37.0 Å². The van der Waals surface area contributed by atoms with Crippen molar-refractivity contribution in [3.63, 3.8) is 0 Å². The van der Waals surface area contributed by atoms with Crippen molar-refractivity contribution in [1.29, 1.82) is 0 Å². The maximum absolute atomic E-state index is 13.3. The number of carbonyl (C=O) groups is 2. The van der Waals surface area contributed by atoms with Crippen molar-refractivity contribution in [3.05, 3.63) is 30.0 Å². The summed E-state index contributed by atoms with van der Waals surface area (Å²) in [5, 5.41) is 5.36. The van der Waals surface area contributed by atoms with Gasteiger partial charge in [0.2, 0.25) is 5.91 Å². The maximum atomic E-state index is 13.3. The Labute approximate surface area is 160 Å². The van der Waals surface area contributed by atoms with E-state index in [4.69, 9.17) is 0 Å². The molecule has 2 amide bonds. The largest absolute Gasteiger partial charge is 0.337 e. The van der Waals surface area contributed by atoms with Gasteiger partial charge in [-0.1, -0.05) is 32.0 Å². The van der Waals surface area contributed by atoms with E-state index in [-0.39, 0.29) is 17.9 Å². The second-order valence-electron chi connectivity index (χ2n) is 8.29. The molecule has 0 N–H and O–H groups in total. The summed E-state index contributed by atoms with van der Waals surface area (Å²) >= 11 is 0. The van der Waals surface area contributed by atoms with Crippen LogP contribution in [0.4, 0.5) is 0 Å². The molecule has 6 nitrogen and oxygen atoms in total. The lowest BCUT2D eigenvalue weighted by molar-refractivity contribution is -0.133. The molecule has 27 heavy (non-hydrogen) atoms. The van der Waals surface area contributed by atoms with Crippen LogP contribution in [0.15, 0.2) is 24.3 Å². The second-order valence-corrected chi connectivity index (χ2v) is 8.29. The van der Waals surface area contributed by atoms with E-state index in [9.17, 15) is 9.59 Å². The normalized spacial score (nSPS) is 21.2. The predicted octanol–water partition coefficient (Wildman–Crippen LogP) is 2.68. The minimum Gasteiger partial charge on any atom is -0.337 e. The third-order valence-corrected chi connectivity index (χ3v) is 5.89. The molecule has 144 valence electrons. The first-order valence-corrected chi connectivity index (χ1v) is 9.96. The Kier molecular flexibility index (Phi) is 4.66. The highest BCUT2D eigenvalue weighted by atomic mass is 16.2. The Morgan fingerprint density at radius 3 is 2.70 bits per heavy atom. The SMILES string of the molecule is CC(C)[C@@H]1CN(C(=O)c2nn(C)c3ccccc23)CCC(=O)N1CC1CC1. The van der Waals surface area contributed by atoms with Crippen LogP contribution >= 0.6 is 0 Å². The van der Waals surface area contributed by atoms with Crippen LogP contribution in [0.2, 0.25) is 0 Å². The fraction of sp³-hybridized carbons (Fsp3) is 0.571. The van der Waals surface area contributed by atoms with Crippen LogP contribution < -0.4 is 0 Å². The average molecular weight is 368 g/mol. The molecule has 0 spiro atoms. The van der Waals surface area contributed by atoms with Crippen molar-refractivity contribution in [2.24, 2.45) is 18.9 Å². The zero-order valence-corrected chi connectivity index (χ0v) is 16.4. The monoisotopic (exact) mass is 368 g/mol. The molecular formula is C21H28N4O2. The quantitative estimate of drug-likeness (QED) is 0.834. The number of carbonyl (C=O) groups excluding carboxylic acids is 2. The van der Waals surface area contributed by atoms with Gasteiger partial charge in [0.15, 0.2) is 5.69 Å². The van der Waals surface area contributed by atoms with E-state index < -0.39 is 0 Å². The third kappa shape index (κ3) is 3.45. The van der Waals surface area contributed by atoms with Crippen molar-refractivity contribution in [3.8, 4) is 0 Å². The molecule has 6 heteroatoms. The Morgan fingerprint density at radius 2 is 2.00 bits per heavy atom. The zero-order chi connectivity index (χ0) is 19.1. The topological polar surface area (TPSA) is 58.4 Å². The van der Waals surface area contributed by atoms with Crippen LogP contribution in [0.1, 0.15) is 43.6 Å². The number of fused-ring (bicyclic) bond motifs is 1. The maximum Gasteiger partial charge on any atom is 0.275 e. The number of nitrogens with zero attached hydrogens (tertiary/aromatic N) is 4. The molecule has 2 fully saturated rings. The van der Waals surface area contributed by atoms with Crippen LogP contribution in [0.5, 0.6) is 0 Å². The van der Waals surface area contributed by atoms with Crippen molar-refractivity contribution >= 4 is 22.7 Å². The zero-order valence-electron chi connectivity index (χ0n) is 16.4. The molecular weight excluding hydrogens is 340 g/mol. The van der Waals surface area contributed by atoms with Gasteiger partial charge in [0, 0.05) is 38.5 Å². The van der Waals surface area contributed by atoms with Crippen molar-refractivity contribution in [1.82, 2.24) is 19.6 Å². The lowest BCUT2D eigenvalue weighted by Crippen LogP contribution is -2.48.